The Kier molecular flexibility index (Phi) is 10.1. The fraction of sp³-hybridized carbons (Fsp3) is 0.600. The van der Waals surface area contributed by atoms with Crippen molar-refractivity contribution in [1.82, 2.24) is 15.5 Å². The van der Waals surface area contributed by atoms with Gasteiger partial charge in [0.05, 0.1) is 37.6 Å². The van der Waals surface area contributed by atoms with Crippen molar-refractivity contribution in [2.45, 2.75) is 64.0 Å². The van der Waals surface area contributed by atoms with E-state index >= 15 is 0 Å². The van der Waals surface area contributed by atoms with Crippen LogP contribution in [0, 0.1) is 23.7 Å². The molecular formula is C35H49N5O7. The second-order valence-electron chi connectivity index (χ2n) is 13.7. The SMILES string of the molecule is CNC1Oc2ccc(N(C)C(=O)N(CCC(C)C)C[C@@H](O)[C@H](Cc3ccccc3)NC(=O)OC3C4COC5OCC3C5C4)cc2N1C. The van der Waals surface area contributed by atoms with E-state index in [0.29, 0.717) is 37.8 Å². The van der Waals surface area contributed by atoms with E-state index in [1.54, 1.807) is 16.8 Å². The van der Waals surface area contributed by atoms with Crippen molar-refractivity contribution in [2.24, 2.45) is 23.7 Å². The van der Waals surface area contributed by atoms with Gasteiger partial charge in [0.1, 0.15) is 11.9 Å². The number of carbonyl (C=O) groups excluding carboxylic acids is 2. The highest BCUT2D eigenvalue weighted by Crippen LogP contribution is 2.49. The second-order valence-corrected chi connectivity index (χ2v) is 13.7. The summed E-state index contributed by atoms with van der Waals surface area (Å²) in [6.45, 7) is 5.72. The average Bonchev–Trinajstić information content (AvgIpc) is 3.71. The van der Waals surface area contributed by atoms with Gasteiger partial charge in [-0.2, -0.15) is 0 Å². The number of urea groups is 1. The van der Waals surface area contributed by atoms with E-state index in [-0.39, 0.29) is 49.1 Å². The van der Waals surface area contributed by atoms with Crippen LogP contribution in [0.3, 0.4) is 0 Å². The Morgan fingerprint density at radius 3 is 2.62 bits per heavy atom. The molecule has 0 radical (unpaired) electrons. The monoisotopic (exact) mass is 651 g/mol. The topological polar surface area (TPSA) is 125 Å². The van der Waals surface area contributed by atoms with Gasteiger partial charge in [-0.05, 0) is 56.0 Å². The maximum Gasteiger partial charge on any atom is 0.407 e. The minimum absolute atomic E-state index is 0.0313. The van der Waals surface area contributed by atoms with E-state index in [4.69, 9.17) is 18.9 Å². The molecule has 2 bridgehead atoms. The Morgan fingerprint density at radius 1 is 1.11 bits per heavy atom. The summed E-state index contributed by atoms with van der Waals surface area (Å²) < 4.78 is 23.6. The molecule has 1 aliphatic carbocycles. The molecule has 0 spiro atoms. The third kappa shape index (κ3) is 7.15. The van der Waals surface area contributed by atoms with Crippen LogP contribution in [0.1, 0.15) is 32.3 Å². The number of amides is 3. The number of nitrogens with one attached hydrogen (secondary N) is 2. The van der Waals surface area contributed by atoms with Crippen LogP contribution in [-0.4, -0.2) is 100 Å². The van der Waals surface area contributed by atoms with Gasteiger partial charge in [-0.3, -0.25) is 10.2 Å². The lowest BCUT2D eigenvalue weighted by Crippen LogP contribution is -2.53. The molecule has 12 heteroatoms. The lowest BCUT2D eigenvalue weighted by Gasteiger charge is -2.33. The molecule has 47 heavy (non-hydrogen) atoms. The van der Waals surface area contributed by atoms with Crippen LogP contribution in [0.5, 0.6) is 5.75 Å². The standard InChI is InChI=1S/C35H49N5O7/c1-21(2)13-14-40(35(43)38(4)24-11-12-30-28(17-24)39(5)33(36-3)46-30)18-29(41)27(15-22-9-7-6-8-10-22)37-34(42)47-31-23-16-25-26(31)20-45-32(25)44-19-23/h6-12,17,21,23,25-27,29,31-33,36,41H,13-16,18-20H2,1-5H3,(H,37,42)/t23?,25?,26?,27-,29+,31?,32?,33?/m0/s1. The molecular weight excluding hydrogens is 602 g/mol. The summed E-state index contributed by atoms with van der Waals surface area (Å²) in [5, 5.41) is 17.8. The third-order valence-corrected chi connectivity index (χ3v) is 10.1. The number of aliphatic hydroxyl groups is 1. The molecule has 1 saturated carbocycles. The number of alkyl carbamates (subject to hydrolysis) is 1. The van der Waals surface area contributed by atoms with Gasteiger partial charge in [-0.1, -0.05) is 44.2 Å². The van der Waals surface area contributed by atoms with Gasteiger partial charge in [0.25, 0.3) is 0 Å². The summed E-state index contributed by atoms with van der Waals surface area (Å²) in [4.78, 5) is 32.7. The maximum atomic E-state index is 14.1. The van der Waals surface area contributed by atoms with Gasteiger partial charge >= 0.3 is 12.1 Å². The normalized spacial score (nSPS) is 26.8. The van der Waals surface area contributed by atoms with Gasteiger partial charge in [-0.15, -0.1) is 0 Å². The summed E-state index contributed by atoms with van der Waals surface area (Å²) in [6, 6.07) is 14.4. The smallest absolute Gasteiger partial charge is 0.407 e. The number of hydrogen-bond donors (Lipinski definition) is 3. The number of nitrogens with zero attached hydrogens (tertiary/aromatic N) is 3. The number of fused-ring (bicyclic) bond motifs is 2. The molecule has 4 aliphatic rings. The molecule has 3 aliphatic heterocycles. The number of carbonyl (C=O) groups is 2. The van der Waals surface area contributed by atoms with Crippen molar-refractivity contribution >= 4 is 23.5 Å². The van der Waals surface area contributed by atoms with Crippen LogP contribution >= 0.6 is 0 Å². The second kappa shape index (κ2) is 14.3. The zero-order valence-electron chi connectivity index (χ0n) is 28.0. The van der Waals surface area contributed by atoms with Crippen molar-refractivity contribution in [1.29, 1.82) is 0 Å². The molecule has 256 valence electrons. The molecule has 3 N–H and O–H groups in total. The van der Waals surface area contributed by atoms with E-state index < -0.39 is 18.2 Å². The minimum atomic E-state index is -1.06. The minimum Gasteiger partial charge on any atom is -0.455 e. The van der Waals surface area contributed by atoms with Crippen molar-refractivity contribution in [2.75, 3.05) is 57.2 Å². The van der Waals surface area contributed by atoms with Gasteiger partial charge in [0, 0.05) is 44.1 Å². The highest BCUT2D eigenvalue weighted by Gasteiger charge is 2.56. The lowest BCUT2D eigenvalue weighted by molar-refractivity contribution is -0.169. The number of rotatable bonds is 12. The molecule has 6 unspecified atom stereocenters. The van der Waals surface area contributed by atoms with Crippen molar-refractivity contribution in [3.05, 3.63) is 54.1 Å². The highest BCUT2D eigenvalue weighted by molar-refractivity contribution is 5.92. The first-order valence-corrected chi connectivity index (χ1v) is 16.8. The summed E-state index contributed by atoms with van der Waals surface area (Å²) in [5.41, 5.74) is 2.53. The summed E-state index contributed by atoms with van der Waals surface area (Å²) in [6.07, 6.45) is -0.368. The Balaban J connectivity index is 1.17. The quantitative estimate of drug-likeness (QED) is 0.316. The zero-order chi connectivity index (χ0) is 33.2. The third-order valence-electron chi connectivity index (χ3n) is 10.1. The van der Waals surface area contributed by atoms with Crippen LogP contribution in [0.4, 0.5) is 21.0 Å². The molecule has 12 nitrogen and oxygen atoms in total. The Bertz CT molecular complexity index is 1400. The van der Waals surface area contributed by atoms with Gasteiger partial charge < -0.3 is 39.2 Å². The fourth-order valence-electron chi connectivity index (χ4n) is 7.33. The predicted molar refractivity (Wildman–Crippen MR) is 177 cm³/mol. The number of anilines is 2. The largest absolute Gasteiger partial charge is 0.455 e. The van der Waals surface area contributed by atoms with E-state index in [9.17, 15) is 14.7 Å². The van der Waals surface area contributed by atoms with Crippen molar-refractivity contribution in [3.63, 3.8) is 0 Å². The van der Waals surface area contributed by atoms with Gasteiger partial charge in [0.15, 0.2) is 6.29 Å². The van der Waals surface area contributed by atoms with Crippen LogP contribution in [0.15, 0.2) is 48.5 Å². The first kappa shape index (κ1) is 33.3. The maximum absolute atomic E-state index is 14.1. The number of ether oxygens (including phenoxy) is 4. The van der Waals surface area contributed by atoms with Crippen LogP contribution in [0.25, 0.3) is 0 Å². The molecule has 6 rings (SSSR count). The predicted octanol–water partition coefficient (Wildman–Crippen LogP) is 3.63. The first-order chi connectivity index (χ1) is 22.6. The first-order valence-electron chi connectivity index (χ1n) is 16.8. The number of hydrogen-bond acceptors (Lipinski definition) is 9. The zero-order valence-corrected chi connectivity index (χ0v) is 28.0. The van der Waals surface area contributed by atoms with E-state index in [1.165, 1.54) is 0 Å². The lowest BCUT2D eigenvalue weighted by atomic mass is 9.98. The van der Waals surface area contributed by atoms with Crippen LogP contribution < -0.4 is 25.2 Å². The number of benzene rings is 2. The van der Waals surface area contributed by atoms with Gasteiger partial charge in [-0.25, -0.2) is 9.59 Å². The molecule has 2 aromatic carbocycles. The Morgan fingerprint density at radius 2 is 1.87 bits per heavy atom. The molecule has 2 saturated heterocycles. The van der Waals surface area contributed by atoms with E-state index in [0.717, 1.165) is 29.8 Å². The average molecular weight is 652 g/mol. The molecule has 0 aromatic heterocycles. The Hall–Kier alpha value is -3.58. The molecule has 2 aromatic rings. The summed E-state index contributed by atoms with van der Waals surface area (Å²) in [7, 11) is 5.49. The fourth-order valence-corrected chi connectivity index (χ4v) is 7.33. The van der Waals surface area contributed by atoms with E-state index in [1.807, 2.05) is 67.5 Å². The van der Waals surface area contributed by atoms with Crippen molar-refractivity contribution < 1.29 is 33.6 Å². The van der Waals surface area contributed by atoms with Crippen LogP contribution in [-0.2, 0) is 20.6 Å². The Labute approximate surface area is 277 Å². The molecule has 3 heterocycles. The van der Waals surface area contributed by atoms with E-state index in [2.05, 4.69) is 24.5 Å². The van der Waals surface area contributed by atoms with Gasteiger partial charge in [0.2, 0.25) is 6.35 Å². The highest BCUT2D eigenvalue weighted by atomic mass is 16.7. The van der Waals surface area contributed by atoms with Crippen molar-refractivity contribution in [3.8, 4) is 5.75 Å². The van der Waals surface area contributed by atoms with Crippen LogP contribution in [0.2, 0.25) is 0 Å². The molecule has 3 amide bonds. The number of aliphatic hydroxyl groups excluding tert-OH is 1. The molecule has 3 fully saturated rings. The summed E-state index contributed by atoms with van der Waals surface area (Å²) >= 11 is 0. The summed E-state index contributed by atoms with van der Waals surface area (Å²) in [5.74, 6) is 1.59. The molecule has 8 atom stereocenters.